The highest BCUT2D eigenvalue weighted by Gasteiger charge is 2.23. The van der Waals surface area contributed by atoms with Crippen molar-refractivity contribution in [2.45, 2.75) is 31.6 Å². The first-order chi connectivity index (χ1) is 14.5. The number of halogens is 1. The Balaban J connectivity index is 1.69. The summed E-state index contributed by atoms with van der Waals surface area (Å²) in [6.07, 6.45) is 4.07. The molecule has 4 rings (SSSR count). The van der Waals surface area contributed by atoms with Gasteiger partial charge < -0.3 is 4.74 Å². The molecule has 2 N–H and O–H groups in total. The number of hydrogen-bond acceptors (Lipinski definition) is 7. The number of aromatic amines is 2. The molecule has 3 aromatic rings. The maximum Gasteiger partial charge on any atom is 0.349 e. The molecule has 0 bridgehead atoms. The van der Waals surface area contributed by atoms with Gasteiger partial charge in [-0.15, -0.1) is 10.2 Å². The van der Waals surface area contributed by atoms with Crippen LogP contribution >= 0.6 is 11.6 Å². The Morgan fingerprint density at radius 1 is 1.20 bits per heavy atom. The molecule has 10 nitrogen and oxygen atoms in total. The van der Waals surface area contributed by atoms with E-state index >= 15 is 0 Å². The van der Waals surface area contributed by atoms with Gasteiger partial charge in [-0.2, -0.15) is 9.94 Å². The van der Waals surface area contributed by atoms with Gasteiger partial charge in [-0.05, 0) is 37.0 Å². The van der Waals surface area contributed by atoms with E-state index in [1.54, 1.807) is 6.07 Å². The van der Waals surface area contributed by atoms with Crippen molar-refractivity contribution in [1.82, 2.24) is 25.0 Å². The molecule has 0 spiro atoms. The second kappa shape index (κ2) is 7.96. The minimum atomic E-state index is -0.867. The van der Waals surface area contributed by atoms with Gasteiger partial charge in [-0.25, -0.2) is 9.89 Å². The van der Waals surface area contributed by atoms with Crippen molar-refractivity contribution < 1.29 is 4.74 Å². The molecule has 0 amide bonds. The Kier molecular flexibility index (Phi) is 5.20. The van der Waals surface area contributed by atoms with Crippen molar-refractivity contribution in [2.75, 3.05) is 0 Å². The predicted octanol–water partition coefficient (Wildman–Crippen LogP) is 1.98. The number of nitrogens with zero attached hydrogens (tertiary/aromatic N) is 4. The summed E-state index contributed by atoms with van der Waals surface area (Å²) in [6, 6.07) is 7.53. The summed E-state index contributed by atoms with van der Waals surface area (Å²) >= 11 is 6.32. The van der Waals surface area contributed by atoms with E-state index in [2.05, 4.69) is 15.3 Å². The van der Waals surface area contributed by atoms with Gasteiger partial charge >= 0.3 is 5.69 Å². The fourth-order valence-corrected chi connectivity index (χ4v) is 3.69. The third-order valence-electron chi connectivity index (χ3n) is 4.90. The van der Waals surface area contributed by atoms with Crippen LogP contribution in [0.4, 0.5) is 0 Å². The second-order valence-corrected chi connectivity index (χ2v) is 7.23. The molecule has 0 radical (unpaired) electrons. The summed E-state index contributed by atoms with van der Waals surface area (Å²) in [5.41, 5.74) is -1.47. The molecular weight excluding hydrogens is 412 g/mol. The lowest BCUT2D eigenvalue weighted by Crippen LogP contribution is -2.33. The maximum atomic E-state index is 12.0. The van der Waals surface area contributed by atoms with Crippen molar-refractivity contribution in [3.8, 4) is 23.4 Å². The van der Waals surface area contributed by atoms with Gasteiger partial charge in [-0.3, -0.25) is 14.6 Å². The Labute approximate surface area is 173 Å². The van der Waals surface area contributed by atoms with E-state index in [-0.39, 0.29) is 33.8 Å². The Hall–Kier alpha value is -3.71. The van der Waals surface area contributed by atoms with Gasteiger partial charge in [0.1, 0.15) is 11.8 Å². The second-order valence-electron chi connectivity index (χ2n) is 6.82. The average molecular weight is 427 g/mol. The highest BCUT2D eigenvalue weighted by molar-refractivity contribution is 6.32. The van der Waals surface area contributed by atoms with E-state index in [4.69, 9.17) is 21.6 Å². The first kappa shape index (κ1) is 19.6. The van der Waals surface area contributed by atoms with Gasteiger partial charge in [0, 0.05) is 11.6 Å². The van der Waals surface area contributed by atoms with Crippen LogP contribution < -0.4 is 21.5 Å². The molecule has 1 aromatic carbocycles. The molecule has 30 heavy (non-hydrogen) atoms. The third-order valence-corrected chi connectivity index (χ3v) is 5.19. The van der Waals surface area contributed by atoms with Gasteiger partial charge in [-0.1, -0.05) is 24.4 Å². The summed E-state index contributed by atoms with van der Waals surface area (Å²) in [6.45, 7) is 0. The van der Waals surface area contributed by atoms with E-state index in [0.717, 1.165) is 35.9 Å². The van der Waals surface area contributed by atoms with Crippen LogP contribution in [0, 0.1) is 11.3 Å². The van der Waals surface area contributed by atoms with Gasteiger partial charge in [0.05, 0.1) is 10.7 Å². The highest BCUT2D eigenvalue weighted by Crippen LogP contribution is 2.39. The molecule has 2 heterocycles. The fraction of sp³-hybridized carbons (Fsp3) is 0.263. The average Bonchev–Trinajstić information content (AvgIpc) is 3.25. The van der Waals surface area contributed by atoms with Crippen molar-refractivity contribution in [2.24, 2.45) is 0 Å². The van der Waals surface area contributed by atoms with E-state index in [9.17, 15) is 14.4 Å². The van der Waals surface area contributed by atoms with Crippen molar-refractivity contribution >= 4 is 11.6 Å². The zero-order valence-corrected chi connectivity index (χ0v) is 16.3. The summed E-state index contributed by atoms with van der Waals surface area (Å²) in [5, 5.41) is 19.2. The van der Waals surface area contributed by atoms with Crippen LogP contribution in [0.15, 0.2) is 38.6 Å². The Morgan fingerprint density at radius 3 is 2.67 bits per heavy atom. The monoisotopic (exact) mass is 426 g/mol. The number of rotatable bonds is 4. The van der Waals surface area contributed by atoms with E-state index in [0.29, 0.717) is 0 Å². The van der Waals surface area contributed by atoms with Crippen LogP contribution in [0.3, 0.4) is 0 Å². The SMILES string of the molecule is N#Cc1nn(-c2ccc(Oc3n[nH]c(=O)cc3C3CCCC3)c(Cl)c2)c(=O)[nH]c1=O. The lowest BCUT2D eigenvalue weighted by atomic mass is 9.99. The normalized spacial score (nSPS) is 13.9. The van der Waals surface area contributed by atoms with Crippen LogP contribution in [0.5, 0.6) is 11.6 Å². The molecule has 1 aliphatic carbocycles. The molecule has 0 unspecified atom stereocenters. The van der Waals surface area contributed by atoms with Crippen LogP contribution in [-0.2, 0) is 0 Å². The van der Waals surface area contributed by atoms with E-state index in [1.165, 1.54) is 24.3 Å². The minimum Gasteiger partial charge on any atom is -0.436 e. The van der Waals surface area contributed by atoms with Crippen LogP contribution in [0.25, 0.3) is 5.69 Å². The molecule has 1 saturated carbocycles. The molecule has 11 heteroatoms. The summed E-state index contributed by atoms with van der Waals surface area (Å²) in [7, 11) is 0. The van der Waals surface area contributed by atoms with Gasteiger partial charge in [0.15, 0.2) is 0 Å². The van der Waals surface area contributed by atoms with Crippen LogP contribution in [0.1, 0.15) is 42.9 Å². The van der Waals surface area contributed by atoms with E-state index in [1.807, 2.05) is 4.98 Å². The third kappa shape index (κ3) is 3.75. The summed E-state index contributed by atoms with van der Waals surface area (Å²) in [5.74, 6) is 0.723. The first-order valence-corrected chi connectivity index (χ1v) is 9.55. The van der Waals surface area contributed by atoms with Crippen molar-refractivity contribution in [3.05, 3.63) is 71.7 Å². The number of aromatic nitrogens is 5. The Bertz CT molecular complexity index is 1330. The number of H-pyrrole nitrogens is 2. The molecular formula is C19H15ClN6O4. The standard InChI is InChI=1S/C19H15ClN6O4/c20-13-7-11(26-19(29)22-17(28)14(9-21)25-26)5-6-15(13)30-18-12(8-16(27)23-24-18)10-3-1-2-4-10/h5-8,10H,1-4H2,(H,23,27)(H,22,28,29). The van der Waals surface area contributed by atoms with Crippen molar-refractivity contribution in [3.63, 3.8) is 0 Å². The topological polar surface area (TPSA) is 147 Å². The number of ether oxygens (including phenoxy) is 1. The molecule has 0 saturated heterocycles. The molecule has 0 atom stereocenters. The number of nitriles is 1. The lowest BCUT2D eigenvalue weighted by Gasteiger charge is -2.15. The molecule has 1 aliphatic rings. The largest absolute Gasteiger partial charge is 0.436 e. The van der Waals surface area contributed by atoms with E-state index < -0.39 is 16.9 Å². The maximum absolute atomic E-state index is 12.0. The molecule has 0 aliphatic heterocycles. The first-order valence-electron chi connectivity index (χ1n) is 9.17. The summed E-state index contributed by atoms with van der Waals surface area (Å²) < 4.78 is 6.72. The number of hydrogen-bond donors (Lipinski definition) is 2. The molecule has 1 fully saturated rings. The summed E-state index contributed by atoms with van der Waals surface area (Å²) in [4.78, 5) is 37.3. The minimum absolute atomic E-state index is 0.149. The zero-order chi connectivity index (χ0) is 21.3. The number of nitrogens with one attached hydrogen (secondary N) is 2. The zero-order valence-electron chi connectivity index (χ0n) is 15.5. The van der Waals surface area contributed by atoms with Crippen molar-refractivity contribution in [1.29, 1.82) is 5.26 Å². The fourth-order valence-electron chi connectivity index (χ4n) is 3.47. The van der Waals surface area contributed by atoms with Crippen LogP contribution in [0.2, 0.25) is 5.02 Å². The quantitative estimate of drug-likeness (QED) is 0.648. The Morgan fingerprint density at radius 2 is 1.97 bits per heavy atom. The lowest BCUT2D eigenvalue weighted by molar-refractivity contribution is 0.440. The number of benzene rings is 1. The highest BCUT2D eigenvalue weighted by atomic mass is 35.5. The molecule has 2 aromatic heterocycles. The van der Waals surface area contributed by atoms with Gasteiger partial charge in [0.25, 0.3) is 11.1 Å². The molecule has 152 valence electrons. The van der Waals surface area contributed by atoms with Gasteiger partial charge in [0.2, 0.25) is 11.6 Å². The smallest absolute Gasteiger partial charge is 0.349 e. The predicted molar refractivity (Wildman–Crippen MR) is 106 cm³/mol. The van der Waals surface area contributed by atoms with Crippen LogP contribution in [-0.4, -0.2) is 25.0 Å².